The van der Waals surface area contributed by atoms with E-state index in [9.17, 15) is 0 Å². The lowest BCUT2D eigenvalue weighted by Gasteiger charge is -2.30. The lowest BCUT2D eigenvalue weighted by Crippen LogP contribution is -2.22. The Morgan fingerprint density at radius 2 is 0.939 bits per heavy atom. The summed E-state index contributed by atoms with van der Waals surface area (Å²) >= 11 is 0. The third kappa shape index (κ3) is 3.97. The summed E-state index contributed by atoms with van der Waals surface area (Å²) in [5.41, 5.74) is 12.4. The maximum atomic E-state index is 2.73. The highest BCUT2D eigenvalue weighted by Crippen LogP contribution is 2.55. The highest BCUT2D eigenvalue weighted by molar-refractivity contribution is 6.94. The number of hydrogen-bond acceptors (Lipinski definition) is 0. The quantitative estimate of drug-likeness (QED) is 0.380. The summed E-state index contributed by atoms with van der Waals surface area (Å²) in [7, 11) is -2.90. The molecule has 0 spiro atoms. The van der Waals surface area contributed by atoms with E-state index in [0.29, 0.717) is 17.8 Å². The zero-order valence-electron chi connectivity index (χ0n) is 22.9. The molecule has 0 saturated carbocycles. The summed E-state index contributed by atoms with van der Waals surface area (Å²) < 4.78 is 0. The molecule has 2 aliphatic rings. The van der Waals surface area contributed by atoms with E-state index in [0.717, 1.165) is 0 Å². The molecular weight excluding hydrogens is 429 g/mol. The zero-order valence-corrected chi connectivity index (χ0v) is 24.9. The summed E-state index contributed by atoms with van der Waals surface area (Å²) in [4.78, 5) is 0. The van der Waals surface area contributed by atoms with Crippen LogP contribution in [0.3, 0.4) is 0 Å². The molecule has 2 heteroatoms. The van der Waals surface area contributed by atoms with Gasteiger partial charge in [0, 0.05) is 11.8 Å². The second-order valence-corrected chi connectivity index (χ2v) is 22.8. The topological polar surface area (TPSA) is 0 Å². The van der Waals surface area contributed by atoms with Crippen LogP contribution in [-0.2, 0) is 0 Å². The normalized spacial score (nSPS) is 20.9. The molecule has 0 aliphatic heterocycles. The van der Waals surface area contributed by atoms with Crippen molar-refractivity contribution in [2.24, 2.45) is 5.92 Å². The first kappa shape index (κ1) is 24.5. The summed E-state index contributed by atoms with van der Waals surface area (Å²) in [6, 6.07) is 9.45. The van der Waals surface area contributed by atoms with Gasteiger partial charge in [-0.25, -0.2) is 0 Å². The van der Waals surface area contributed by atoms with Crippen LogP contribution in [0.4, 0.5) is 0 Å². The fourth-order valence-electron chi connectivity index (χ4n) is 6.59. The van der Waals surface area contributed by atoms with Crippen molar-refractivity contribution in [3.05, 3.63) is 80.9 Å². The average Bonchev–Trinajstić information content (AvgIpc) is 3.30. The Labute approximate surface area is 205 Å². The number of rotatable bonds is 5. The van der Waals surface area contributed by atoms with Crippen molar-refractivity contribution in [3.8, 4) is 0 Å². The molecule has 0 saturated heterocycles. The van der Waals surface area contributed by atoms with Crippen molar-refractivity contribution < 1.29 is 0 Å². The van der Waals surface area contributed by atoms with Crippen LogP contribution < -0.4 is 0 Å². The summed E-state index contributed by atoms with van der Waals surface area (Å²) in [5.74, 6) is 1.63. The lowest BCUT2D eigenvalue weighted by molar-refractivity contribution is 0.423. The van der Waals surface area contributed by atoms with E-state index in [2.05, 4.69) is 110 Å². The molecule has 2 aromatic carbocycles. The Morgan fingerprint density at radius 3 is 1.24 bits per heavy atom. The number of aryl methyl sites for hydroxylation is 4. The minimum absolute atomic E-state index is 0.515. The molecule has 0 bridgehead atoms. The van der Waals surface area contributed by atoms with Gasteiger partial charge in [0.05, 0.1) is 16.1 Å². The van der Waals surface area contributed by atoms with Gasteiger partial charge in [-0.2, -0.15) is 0 Å². The molecule has 2 atom stereocenters. The molecule has 0 radical (unpaired) electrons. The predicted octanol–water partition coefficient (Wildman–Crippen LogP) is 9.36. The fraction of sp³-hybridized carbons (Fsp3) is 0.484. The molecule has 4 rings (SSSR count). The highest BCUT2D eigenvalue weighted by atomic mass is 28.3. The smallest absolute Gasteiger partial charge is 0.0768 e. The van der Waals surface area contributed by atoms with Gasteiger partial charge < -0.3 is 0 Å². The molecule has 0 nitrogen and oxygen atoms in total. The Hall–Kier alpha value is -1.65. The standard InChI is InChI=1S/C31H44Si2/c1-12-23(24-17-26(32(6,7)8)30-21(4)15-13-19(2)28(24)30)25-18-27(33(9,10)11)31-22(5)16-14-20(3)29(25)31/h13-18,23-25H,12H2,1-11H3. The van der Waals surface area contributed by atoms with Crippen LogP contribution in [0.15, 0.2) is 36.4 Å². The van der Waals surface area contributed by atoms with E-state index in [1.165, 1.54) is 28.7 Å². The van der Waals surface area contributed by atoms with Crippen LogP contribution in [-0.4, -0.2) is 16.1 Å². The van der Waals surface area contributed by atoms with Crippen molar-refractivity contribution in [3.63, 3.8) is 0 Å². The number of hydrogen-bond donors (Lipinski definition) is 0. The number of allylic oxidation sites excluding steroid dienone is 2. The van der Waals surface area contributed by atoms with Crippen molar-refractivity contribution in [2.45, 2.75) is 92.2 Å². The van der Waals surface area contributed by atoms with Crippen LogP contribution in [0.1, 0.15) is 69.7 Å². The first-order valence-corrected chi connectivity index (χ1v) is 19.9. The molecule has 0 heterocycles. The molecule has 2 aromatic rings. The van der Waals surface area contributed by atoms with Gasteiger partial charge >= 0.3 is 0 Å². The van der Waals surface area contributed by atoms with Gasteiger partial charge in [-0.3, -0.25) is 0 Å². The minimum Gasteiger partial charge on any atom is -0.0768 e. The van der Waals surface area contributed by atoms with E-state index in [4.69, 9.17) is 0 Å². The van der Waals surface area contributed by atoms with Gasteiger partial charge in [0.25, 0.3) is 0 Å². The maximum absolute atomic E-state index is 2.73. The van der Waals surface area contributed by atoms with Gasteiger partial charge in [0.2, 0.25) is 0 Å². The van der Waals surface area contributed by atoms with Crippen LogP contribution in [0.5, 0.6) is 0 Å². The summed E-state index contributed by atoms with van der Waals surface area (Å²) in [6.07, 6.45) is 6.67. The molecule has 2 aliphatic carbocycles. The minimum atomic E-state index is -1.45. The highest BCUT2D eigenvalue weighted by Gasteiger charge is 2.42. The van der Waals surface area contributed by atoms with E-state index >= 15 is 0 Å². The largest absolute Gasteiger partial charge is 0.0780 e. The van der Waals surface area contributed by atoms with Crippen molar-refractivity contribution >= 4 is 26.5 Å². The Bertz CT molecular complexity index is 1070. The first-order chi connectivity index (χ1) is 15.3. The Morgan fingerprint density at radius 1 is 0.606 bits per heavy atom. The van der Waals surface area contributed by atoms with Gasteiger partial charge in [0.15, 0.2) is 0 Å². The van der Waals surface area contributed by atoms with Crippen molar-refractivity contribution in [1.29, 1.82) is 0 Å². The van der Waals surface area contributed by atoms with Crippen molar-refractivity contribution in [2.75, 3.05) is 0 Å². The van der Waals surface area contributed by atoms with E-state index in [1.54, 1.807) is 32.6 Å². The molecule has 0 N–H and O–H groups in total. The van der Waals surface area contributed by atoms with Crippen LogP contribution in [0.2, 0.25) is 39.3 Å². The van der Waals surface area contributed by atoms with Gasteiger partial charge in [-0.1, -0.05) is 99.4 Å². The maximum Gasteiger partial charge on any atom is 0.0780 e. The van der Waals surface area contributed by atoms with Crippen LogP contribution in [0, 0.1) is 33.6 Å². The molecule has 0 amide bonds. The number of fused-ring (bicyclic) bond motifs is 2. The molecule has 0 aromatic heterocycles. The predicted molar refractivity (Wildman–Crippen MR) is 154 cm³/mol. The van der Waals surface area contributed by atoms with Crippen LogP contribution in [0.25, 0.3) is 10.4 Å². The third-order valence-corrected chi connectivity index (χ3v) is 12.3. The zero-order chi connectivity index (χ0) is 24.5. The number of benzene rings is 2. The van der Waals surface area contributed by atoms with E-state index < -0.39 is 16.1 Å². The second kappa shape index (κ2) is 8.24. The lowest BCUT2D eigenvalue weighted by atomic mass is 9.73. The van der Waals surface area contributed by atoms with Crippen molar-refractivity contribution in [1.82, 2.24) is 0 Å². The summed E-state index contributed by atoms with van der Waals surface area (Å²) in [5, 5.41) is 3.38. The summed E-state index contributed by atoms with van der Waals surface area (Å²) in [6.45, 7) is 26.9. The Balaban J connectivity index is 1.95. The first-order valence-electron chi connectivity index (χ1n) is 12.9. The molecule has 0 fully saturated rings. The van der Waals surface area contributed by atoms with Gasteiger partial charge in [0.1, 0.15) is 0 Å². The SMILES string of the molecule is CCC(C1C=C([Si](C)(C)C)c2c(C)ccc(C)c21)C1C=C([Si](C)(C)C)c2c(C)ccc(C)c21. The second-order valence-electron chi connectivity index (χ2n) is 12.8. The molecular formula is C31H44Si2. The average molecular weight is 473 g/mol. The third-order valence-electron chi connectivity index (χ3n) is 8.25. The van der Waals surface area contributed by atoms with E-state index in [-0.39, 0.29) is 0 Å². The fourth-order valence-corrected chi connectivity index (χ4v) is 10.1. The molecule has 33 heavy (non-hydrogen) atoms. The monoisotopic (exact) mass is 472 g/mol. The Kier molecular flexibility index (Phi) is 6.11. The van der Waals surface area contributed by atoms with Gasteiger partial charge in [-0.05, 0) is 78.1 Å². The molecule has 176 valence electrons. The van der Waals surface area contributed by atoms with Crippen LogP contribution >= 0.6 is 0 Å². The molecule has 2 unspecified atom stereocenters. The van der Waals surface area contributed by atoms with Gasteiger partial charge in [-0.15, -0.1) is 0 Å². The van der Waals surface area contributed by atoms with E-state index in [1.807, 2.05) is 0 Å².